The van der Waals surface area contributed by atoms with Crippen LogP contribution in [-0.2, 0) is 19.4 Å². The van der Waals surface area contributed by atoms with Crippen molar-refractivity contribution < 1.29 is 14.1 Å². The van der Waals surface area contributed by atoms with E-state index in [1.165, 1.54) is 12.0 Å². The van der Waals surface area contributed by atoms with Gasteiger partial charge in [-0.05, 0) is 43.0 Å². The number of carbonyl (C=O) groups excluding carboxylic acids is 1. The van der Waals surface area contributed by atoms with E-state index >= 15 is 0 Å². The van der Waals surface area contributed by atoms with Crippen molar-refractivity contribution in [1.29, 1.82) is 0 Å². The van der Waals surface area contributed by atoms with Gasteiger partial charge in [-0.15, -0.1) is 0 Å². The minimum atomic E-state index is -0.199. The molecule has 1 aliphatic rings. The van der Waals surface area contributed by atoms with Gasteiger partial charge in [-0.1, -0.05) is 5.16 Å². The Morgan fingerprint density at radius 2 is 2.22 bits per heavy atom. The van der Waals surface area contributed by atoms with E-state index in [9.17, 15) is 4.79 Å². The Kier molecular flexibility index (Phi) is 4.53. The lowest BCUT2D eigenvalue weighted by Gasteiger charge is -2.17. The third-order valence-corrected chi connectivity index (χ3v) is 4.55. The van der Waals surface area contributed by atoms with Crippen molar-refractivity contribution in [1.82, 2.24) is 25.0 Å². The second-order valence-corrected chi connectivity index (χ2v) is 6.42. The zero-order valence-corrected chi connectivity index (χ0v) is 15.2. The number of ether oxygens (including phenoxy) is 1. The molecule has 0 aromatic carbocycles. The van der Waals surface area contributed by atoms with Gasteiger partial charge in [0.1, 0.15) is 12.1 Å². The Balaban J connectivity index is 1.53. The molecule has 0 aliphatic heterocycles. The van der Waals surface area contributed by atoms with E-state index in [0.717, 1.165) is 36.1 Å². The van der Waals surface area contributed by atoms with E-state index in [4.69, 9.17) is 9.26 Å². The van der Waals surface area contributed by atoms with Gasteiger partial charge in [0.2, 0.25) is 17.6 Å². The van der Waals surface area contributed by atoms with Crippen LogP contribution in [0.5, 0.6) is 5.88 Å². The molecule has 3 aromatic heterocycles. The molecule has 0 saturated carbocycles. The third-order valence-electron chi connectivity index (χ3n) is 4.55. The summed E-state index contributed by atoms with van der Waals surface area (Å²) in [7, 11) is 3.21. The van der Waals surface area contributed by atoms with Crippen molar-refractivity contribution in [3.63, 3.8) is 0 Å². The number of aromatic nitrogens is 4. The normalized spacial score (nSPS) is 12.7. The van der Waals surface area contributed by atoms with Crippen LogP contribution >= 0.6 is 0 Å². The van der Waals surface area contributed by atoms with Gasteiger partial charge in [-0.25, -0.2) is 4.98 Å². The molecule has 8 nitrogen and oxygen atoms in total. The van der Waals surface area contributed by atoms with Crippen LogP contribution in [0.25, 0.3) is 11.4 Å². The van der Waals surface area contributed by atoms with Crippen LogP contribution in [0.4, 0.5) is 0 Å². The average Bonchev–Trinajstić information content (AvgIpc) is 3.35. The standard InChI is InChI=1S/C19H19N5O3/c1-24(11-16-22-17(23-27-16)13-6-4-8-20-10-13)19(25)14-9-12-5-3-7-15(12)21-18(14)26-2/h4,6,8-10H,3,5,7,11H2,1-2H3. The minimum absolute atomic E-state index is 0.187. The number of aryl methyl sites for hydroxylation is 2. The van der Waals surface area contributed by atoms with Crippen LogP contribution < -0.4 is 4.74 Å². The summed E-state index contributed by atoms with van der Waals surface area (Å²) in [5.74, 6) is 0.942. The largest absolute Gasteiger partial charge is 0.480 e. The zero-order valence-electron chi connectivity index (χ0n) is 15.2. The molecular weight excluding hydrogens is 346 g/mol. The predicted octanol–water partition coefficient (Wildman–Crippen LogP) is 2.30. The molecule has 0 bridgehead atoms. The summed E-state index contributed by atoms with van der Waals surface area (Å²) in [6, 6.07) is 5.54. The van der Waals surface area contributed by atoms with Crippen LogP contribution in [0, 0.1) is 0 Å². The number of methoxy groups -OCH3 is 1. The number of fused-ring (bicyclic) bond motifs is 1. The molecule has 8 heteroatoms. The van der Waals surface area contributed by atoms with E-state index in [0.29, 0.717) is 23.2 Å². The molecule has 0 spiro atoms. The summed E-state index contributed by atoms with van der Waals surface area (Å²) in [5, 5.41) is 3.95. The Labute approximate surface area is 156 Å². The number of carbonyl (C=O) groups is 1. The fourth-order valence-electron chi connectivity index (χ4n) is 3.17. The highest BCUT2D eigenvalue weighted by atomic mass is 16.5. The quantitative estimate of drug-likeness (QED) is 0.685. The van der Waals surface area contributed by atoms with Crippen LogP contribution in [-0.4, -0.2) is 45.1 Å². The van der Waals surface area contributed by atoms with E-state index in [1.807, 2.05) is 12.1 Å². The van der Waals surface area contributed by atoms with E-state index < -0.39 is 0 Å². The smallest absolute Gasteiger partial charge is 0.259 e. The minimum Gasteiger partial charge on any atom is -0.480 e. The van der Waals surface area contributed by atoms with E-state index in [1.54, 1.807) is 25.5 Å². The maximum absolute atomic E-state index is 12.9. The van der Waals surface area contributed by atoms with Crippen LogP contribution in [0.3, 0.4) is 0 Å². The molecular formula is C19H19N5O3. The number of hydrogen-bond acceptors (Lipinski definition) is 7. The molecule has 3 aromatic rings. The molecule has 0 atom stereocenters. The van der Waals surface area contributed by atoms with Crippen LogP contribution in [0.15, 0.2) is 35.1 Å². The average molecular weight is 365 g/mol. The van der Waals surface area contributed by atoms with Gasteiger partial charge in [-0.3, -0.25) is 9.78 Å². The Hall–Kier alpha value is -3.29. The summed E-state index contributed by atoms with van der Waals surface area (Å²) in [4.78, 5) is 27.3. The lowest BCUT2D eigenvalue weighted by atomic mass is 10.1. The monoisotopic (exact) mass is 365 g/mol. The highest BCUT2D eigenvalue weighted by Gasteiger charge is 2.24. The zero-order chi connectivity index (χ0) is 18.8. The lowest BCUT2D eigenvalue weighted by Crippen LogP contribution is -2.27. The first-order valence-electron chi connectivity index (χ1n) is 8.71. The molecule has 3 heterocycles. The van der Waals surface area contributed by atoms with E-state index in [2.05, 4.69) is 20.1 Å². The second kappa shape index (κ2) is 7.14. The molecule has 0 unspecified atom stereocenters. The highest BCUT2D eigenvalue weighted by Crippen LogP contribution is 2.27. The highest BCUT2D eigenvalue weighted by molar-refractivity contribution is 5.96. The fourth-order valence-corrected chi connectivity index (χ4v) is 3.17. The van der Waals surface area contributed by atoms with Crippen molar-refractivity contribution in [2.24, 2.45) is 0 Å². The van der Waals surface area contributed by atoms with Gasteiger partial charge >= 0.3 is 0 Å². The van der Waals surface area contributed by atoms with Gasteiger partial charge in [0.05, 0.1) is 7.11 Å². The molecule has 1 aliphatic carbocycles. The number of hydrogen-bond donors (Lipinski definition) is 0. The summed E-state index contributed by atoms with van der Waals surface area (Å²) in [5.41, 5.74) is 3.34. The third kappa shape index (κ3) is 3.38. The van der Waals surface area contributed by atoms with Gasteiger partial charge < -0.3 is 14.2 Å². The fraction of sp³-hybridized carbons (Fsp3) is 0.316. The second-order valence-electron chi connectivity index (χ2n) is 6.42. The Morgan fingerprint density at radius 3 is 3.00 bits per heavy atom. The summed E-state index contributed by atoms with van der Waals surface area (Å²) in [6.07, 6.45) is 6.25. The summed E-state index contributed by atoms with van der Waals surface area (Å²) in [6.45, 7) is 0.187. The summed E-state index contributed by atoms with van der Waals surface area (Å²) < 4.78 is 10.6. The summed E-state index contributed by atoms with van der Waals surface area (Å²) >= 11 is 0. The molecule has 0 saturated heterocycles. The first-order valence-corrected chi connectivity index (χ1v) is 8.71. The van der Waals surface area contributed by atoms with Gasteiger partial charge in [0.15, 0.2) is 0 Å². The van der Waals surface area contributed by atoms with E-state index in [-0.39, 0.29) is 12.5 Å². The number of nitrogens with zero attached hydrogens (tertiary/aromatic N) is 5. The SMILES string of the molecule is COc1nc2c(cc1C(=O)N(C)Cc1nc(-c3cccnc3)no1)CCC2. The number of rotatable bonds is 5. The number of pyridine rings is 2. The predicted molar refractivity (Wildman–Crippen MR) is 96.1 cm³/mol. The van der Waals surface area contributed by atoms with Crippen LogP contribution in [0.2, 0.25) is 0 Å². The molecule has 27 heavy (non-hydrogen) atoms. The van der Waals surface area contributed by atoms with Gasteiger partial charge in [0.25, 0.3) is 5.91 Å². The Morgan fingerprint density at radius 1 is 1.33 bits per heavy atom. The maximum atomic E-state index is 12.9. The lowest BCUT2D eigenvalue weighted by molar-refractivity contribution is 0.0765. The van der Waals surface area contributed by atoms with Crippen LogP contribution in [0.1, 0.15) is 33.9 Å². The van der Waals surface area contributed by atoms with Crippen molar-refractivity contribution in [2.75, 3.05) is 14.2 Å². The molecule has 0 N–H and O–H groups in total. The molecule has 138 valence electrons. The number of amides is 1. The molecule has 0 fully saturated rings. The first kappa shape index (κ1) is 17.1. The van der Waals surface area contributed by atoms with Crippen molar-refractivity contribution in [3.8, 4) is 17.3 Å². The van der Waals surface area contributed by atoms with Crippen molar-refractivity contribution in [2.45, 2.75) is 25.8 Å². The molecule has 0 radical (unpaired) electrons. The van der Waals surface area contributed by atoms with Gasteiger partial charge in [0, 0.05) is 30.7 Å². The topological polar surface area (TPSA) is 94.2 Å². The van der Waals surface area contributed by atoms with Crippen molar-refractivity contribution >= 4 is 5.91 Å². The van der Waals surface area contributed by atoms with Crippen molar-refractivity contribution in [3.05, 3.63) is 53.3 Å². The molecule has 1 amide bonds. The maximum Gasteiger partial charge on any atom is 0.259 e. The Bertz CT molecular complexity index is 971. The van der Waals surface area contributed by atoms with Gasteiger partial charge in [-0.2, -0.15) is 4.98 Å². The molecule has 4 rings (SSSR count). The first-order chi connectivity index (χ1) is 13.2.